The van der Waals surface area contributed by atoms with Gasteiger partial charge < -0.3 is 4.57 Å². The van der Waals surface area contributed by atoms with Crippen molar-refractivity contribution in [3.63, 3.8) is 0 Å². The van der Waals surface area contributed by atoms with Crippen molar-refractivity contribution in [2.24, 2.45) is 0 Å². The summed E-state index contributed by atoms with van der Waals surface area (Å²) in [6, 6.07) is 12.6. The zero-order chi connectivity index (χ0) is 17.8. The SMILES string of the molecule is CC(C(=O)NNC(=O)Cc1ccc(F)cc1)n1cnc2ccccc21. The summed E-state index contributed by atoms with van der Waals surface area (Å²) in [6.45, 7) is 1.72. The molecule has 3 aromatic rings. The van der Waals surface area contributed by atoms with Gasteiger partial charge in [-0.05, 0) is 36.8 Å². The molecule has 25 heavy (non-hydrogen) atoms. The molecule has 0 fully saturated rings. The van der Waals surface area contributed by atoms with Gasteiger partial charge in [-0.15, -0.1) is 0 Å². The van der Waals surface area contributed by atoms with Crippen molar-refractivity contribution in [2.45, 2.75) is 19.4 Å². The molecule has 0 aliphatic heterocycles. The van der Waals surface area contributed by atoms with Crippen molar-refractivity contribution in [2.75, 3.05) is 0 Å². The van der Waals surface area contributed by atoms with Crippen LogP contribution in [0.1, 0.15) is 18.5 Å². The standard InChI is InChI=1S/C18H17FN4O2/c1-12(23-11-20-15-4-2-3-5-16(15)23)18(25)22-21-17(24)10-13-6-8-14(19)9-7-13/h2-9,11-12H,10H2,1H3,(H,21,24)(H,22,25). The molecule has 2 N–H and O–H groups in total. The van der Waals surface area contributed by atoms with Gasteiger partial charge in [0.15, 0.2) is 0 Å². The molecule has 0 aliphatic rings. The molecule has 3 rings (SSSR count). The van der Waals surface area contributed by atoms with Gasteiger partial charge in [-0.3, -0.25) is 20.4 Å². The Morgan fingerprint density at radius 1 is 1.12 bits per heavy atom. The summed E-state index contributed by atoms with van der Waals surface area (Å²) in [6.07, 6.45) is 1.64. The van der Waals surface area contributed by atoms with Gasteiger partial charge in [0.2, 0.25) is 5.91 Å². The van der Waals surface area contributed by atoms with Crippen LogP contribution in [0.3, 0.4) is 0 Å². The van der Waals surface area contributed by atoms with Crippen LogP contribution in [0.25, 0.3) is 11.0 Å². The van der Waals surface area contributed by atoms with Crippen LogP contribution in [-0.4, -0.2) is 21.4 Å². The molecule has 0 radical (unpaired) electrons. The lowest BCUT2D eigenvalue weighted by Gasteiger charge is -2.15. The van der Waals surface area contributed by atoms with Crippen LogP contribution in [0.2, 0.25) is 0 Å². The lowest BCUT2D eigenvalue weighted by molar-refractivity contribution is -0.130. The maximum atomic E-state index is 12.8. The van der Waals surface area contributed by atoms with Gasteiger partial charge in [-0.1, -0.05) is 24.3 Å². The second-order valence-corrected chi connectivity index (χ2v) is 5.66. The summed E-state index contributed by atoms with van der Waals surface area (Å²) in [5.74, 6) is -1.11. The first-order valence-corrected chi connectivity index (χ1v) is 7.79. The summed E-state index contributed by atoms with van der Waals surface area (Å²) in [5, 5.41) is 0. The van der Waals surface area contributed by atoms with Crippen LogP contribution in [0, 0.1) is 5.82 Å². The van der Waals surface area contributed by atoms with Crippen molar-refractivity contribution in [1.29, 1.82) is 0 Å². The number of nitrogens with zero attached hydrogens (tertiary/aromatic N) is 2. The molecule has 0 bridgehead atoms. The molecule has 128 valence electrons. The highest BCUT2D eigenvalue weighted by atomic mass is 19.1. The second kappa shape index (κ2) is 7.12. The smallest absolute Gasteiger partial charge is 0.261 e. The average molecular weight is 340 g/mol. The summed E-state index contributed by atoms with van der Waals surface area (Å²) >= 11 is 0. The van der Waals surface area contributed by atoms with Crippen LogP contribution in [0.5, 0.6) is 0 Å². The van der Waals surface area contributed by atoms with E-state index in [1.165, 1.54) is 24.3 Å². The molecule has 7 heteroatoms. The van der Waals surface area contributed by atoms with Crippen LogP contribution in [0.4, 0.5) is 4.39 Å². The molecular weight excluding hydrogens is 323 g/mol. The summed E-state index contributed by atoms with van der Waals surface area (Å²) < 4.78 is 14.6. The number of aromatic nitrogens is 2. The molecule has 0 saturated carbocycles. The number of nitrogens with one attached hydrogen (secondary N) is 2. The Balaban J connectivity index is 1.58. The minimum absolute atomic E-state index is 0.0446. The highest BCUT2D eigenvalue weighted by molar-refractivity contribution is 5.86. The van der Waals surface area contributed by atoms with Crippen LogP contribution in [-0.2, 0) is 16.0 Å². The fourth-order valence-corrected chi connectivity index (χ4v) is 2.48. The Morgan fingerprint density at radius 2 is 1.84 bits per heavy atom. The summed E-state index contributed by atoms with van der Waals surface area (Å²) in [4.78, 5) is 28.4. The third-order valence-electron chi connectivity index (χ3n) is 3.88. The Morgan fingerprint density at radius 3 is 2.60 bits per heavy atom. The first kappa shape index (κ1) is 16.6. The predicted molar refractivity (Wildman–Crippen MR) is 90.8 cm³/mol. The average Bonchev–Trinajstić information content (AvgIpc) is 3.05. The zero-order valence-electron chi connectivity index (χ0n) is 13.6. The zero-order valence-corrected chi connectivity index (χ0v) is 13.6. The molecule has 2 aromatic carbocycles. The number of hydrogen-bond donors (Lipinski definition) is 2. The van der Waals surface area contributed by atoms with Gasteiger partial charge in [-0.2, -0.15) is 0 Å². The van der Waals surface area contributed by atoms with Gasteiger partial charge in [0.25, 0.3) is 5.91 Å². The quantitative estimate of drug-likeness (QED) is 0.715. The number of hydrogen-bond acceptors (Lipinski definition) is 3. The lowest BCUT2D eigenvalue weighted by atomic mass is 10.1. The highest BCUT2D eigenvalue weighted by Gasteiger charge is 2.17. The van der Waals surface area contributed by atoms with E-state index in [9.17, 15) is 14.0 Å². The Labute approximate surface area is 143 Å². The van der Waals surface area contributed by atoms with Crippen molar-refractivity contribution in [3.05, 3.63) is 66.2 Å². The van der Waals surface area contributed by atoms with Crippen molar-refractivity contribution >= 4 is 22.8 Å². The fourth-order valence-electron chi connectivity index (χ4n) is 2.48. The minimum Gasteiger partial charge on any atom is -0.318 e. The van der Waals surface area contributed by atoms with E-state index in [1.54, 1.807) is 17.8 Å². The number of hydrazine groups is 1. The predicted octanol–water partition coefficient (Wildman–Crippen LogP) is 2.13. The van der Waals surface area contributed by atoms with E-state index in [0.717, 1.165) is 11.0 Å². The van der Waals surface area contributed by atoms with E-state index in [2.05, 4.69) is 15.8 Å². The molecule has 0 spiro atoms. The Kier molecular flexibility index (Phi) is 4.74. The van der Waals surface area contributed by atoms with Crippen molar-refractivity contribution in [1.82, 2.24) is 20.4 Å². The Hall–Kier alpha value is -3.22. The number of amides is 2. The molecular formula is C18H17FN4O2. The topological polar surface area (TPSA) is 76.0 Å². The van der Waals surface area contributed by atoms with Crippen LogP contribution < -0.4 is 10.9 Å². The van der Waals surface area contributed by atoms with Gasteiger partial charge in [0, 0.05) is 0 Å². The first-order chi connectivity index (χ1) is 12.0. The summed E-state index contributed by atoms with van der Waals surface area (Å²) in [5.41, 5.74) is 7.06. The summed E-state index contributed by atoms with van der Waals surface area (Å²) in [7, 11) is 0. The van der Waals surface area contributed by atoms with E-state index in [0.29, 0.717) is 5.56 Å². The van der Waals surface area contributed by atoms with E-state index < -0.39 is 6.04 Å². The van der Waals surface area contributed by atoms with Gasteiger partial charge in [0.1, 0.15) is 11.9 Å². The van der Waals surface area contributed by atoms with E-state index in [4.69, 9.17) is 0 Å². The number of imidazole rings is 1. The first-order valence-electron chi connectivity index (χ1n) is 7.79. The maximum absolute atomic E-state index is 12.8. The maximum Gasteiger partial charge on any atom is 0.261 e. The number of carbonyl (C=O) groups excluding carboxylic acids is 2. The number of halogens is 1. The number of rotatable bonds is 4. The molecule has 2 amide bonds. The van der Waals surface area contributed by atoms with E-state index >= 15 is 0 Å². The highest BCUT2D eigenvalue weighted by Crippen LogP contribution is 2.17. The van der Waals surface area contributed by atoms with Gasteiger partial charge >= 0.3 is 0 Å². The molecule has 1 aromatic heterocycles. The van der Waals surface area contributed by atoms with E-state index in [1.807, 2.05) is 24.3 Å². The van der Waals surface area contributed by atoms with Crippen molar-refractivity contribution in [3.8, 4) is 0 Å². The molecule has 1 heterocycles. The fraction of sp³-hybridized carbons (Fsp3) is 0.167. The number of para-hydroxylation sites is 2. The largest absolute Gasteiger partial charge is 0.318 e. The van der Waals surface area contributed by atoms with Gasteiger partial charge in [0.05, 0.1) is 23.8 Å². The third-order valence-corrected chi connectivity index (χ3v) is 3.88. The number of benzene rings is 2. The molecule has 1 atom stereocenters. The molecule has 0 aliphatic carbocycles. The van der Waals surface area contributed by atoms with Crippen LogP contribution in [0.15, 0.2) is 54.9 Å². The Bertz CT molecular complexity index is 905. The monoisotopic (exact) mass is 340 g/mol. The molecule has 6 nitrogen and oxygen atoms in total. The van der Waals surface area contributed by atoms with Gasteiger partial charge in [-0.25, -0.2) is 9.37 Å². The molecule has 1 unspecified atom stereocenters. The lowest BCUT2D eigenvalue weighted by Crippen LogP contribution is -2.45. The normalized spacial score (nSPS) is 11.9. The van der Waals surface area contributed by atoms with Crippen LogP contribution >= 0.6 is 0 Å². The number of carbonyl (C=O) groups is 2. The molecule has 0 saturated heterocycles. The van der Waals surface area contributed by atoms with E-state index in [-0.39, 0.29) is 24.1 Å². The van der Waals surface area contributed by atoms with Crippen molar-refractivity contribution < 1.29 is 14.0 Å². The third kappa shape index (κ3) is 3.82. The number of fused-ring (bicyclic) bond motifs is 1. The minimum atomic E-state index is -0.543. The second-order valence-electron chi connectivity index (χ2n) is 5.66.